The second-order valence-corrected chi connectivity index (χ2v) is 9.89. The van der Waals surface area contributed by atoms with Gasteiger partial charge in [0, 0.05) is 43.7 Å². The average molecular weight is 453 g/mol. The van der Waals surface area contributed by atoms with E-state index >= 15 is 0 Å². The van der Waals surface area contributed by atoms with E-state index in [1.807, 2.05) is 49.1 Å². The molecule has 1 N–H and O–H groups in total. The maximum absolute atomic E-state index is 13.3. The molecule has 5 nitrogen and oxygen atoms in total. The summed E-state index contributed by atoms with van der Waals surface area (Å²) in [5.41, 5.74) is 3.35. The van der Waals surface area contributed by atoms with Crippen molar-refractivity contribution in [1.82, 2.24) is 9.80 Å². The number of nitrogens with zero attached hydrogens (tertiary/aromatic N) is 2. The summed E-state index contributed by atoms with van der Waals surface area (Å²) in [6.07, 6.45) is -0.412. The van der Waals surface area contributed by atoms with E-state index in [1.54, 1.807) is 0 Å². The fraction of sp³-hybridized carbons (Fsp3) is 0.536. The van der Waals surface area contributed by atoms with Gasteiger partial charge in [0.2, 0.25) is 0 Å². The van der Waals surface area contributed by atoms with Crippen LogP contribution in [0.2, 0.25) is 0 Å². The monoisotopic (exact) mass is 452 g/mol. The summed E-state index contributed by atoms with van der Waals surface area (Å²) >= 11 is 0. The lowest BCUT2D eigenvalue weighted by Crippen LogP contribution is -2.42. The predicted molar refractivity (Wildman–Crippen MR) is 134 cm³/mol. The quantitative estimate of drug-likeness (QED) is 0.582. The van der Waals surface area contributed by atoms with Crippen LogP contribution in [0.4, 0.5) is 0 Å². The second kappa shape index (κ2) is 11.8. The summed E-state index contributed by atoms with van der Waals surface area (Å²) in [6, 6.07) is 18.2. The van der Waals surface area contributed by atoms with Gasteiger partial charge in [0.25, 0.3) is 5.91 Å². The van der Waals surface area contributed by atoms with Crippen molar-refractivity contribution in [2.75, 3.05) is 32.8 Å². The van der Waals surface area contributed by atoms with Gasteiger partial charge >= 0.3 is 0 Å². The molecule has 3 atom stereocenters. The first-order valence-electron chi connectivity index (χ1n) is 12.2. The summed E-state index contributed by atoms with van der Waals surface area (Å²) in [4.78, 5) is 17.7. The topological polar surface area (TPSA) is 53.0 Å². The molecule has 0 spiro atoms. The van der Waals surface area contributed by atoms with E-state index in [-0.39, 0.29) is 18.1 Å². The third-order valence-electron chi connectivity index (χ3n) is 6.53. The van der Waals surface area contributed by atoms with Gasteiger partial charge in [-0.15, -0.1) is 0 Å². The third kappa shape index (κ3) is 6.89. The zero-order chi connectivity index (χ0) is 24.0. The Labute approximate surface area is 199 Å². The minimum atomic E-state index is -0.518. The zero-order valence-electron chi connectivity index (χ0n) is 20.8. The van der Waals surface area contributed by atoms with Gasteiger partial charge in [-0.2, -0.15) is 0 Å². The number of carbonyl (C=O) groups excluding carboxylic acids is 1. The van der Waals surface area contributed by atoms with Crippen LogP contribution >= 0.6 is 0 Å². The van der Waals surface area contributed by atoms with Crippen molar-refractivity contribution >= 4 is 5.91 Å². The van der Waals surface area contributed by atoms with Gasteiger partial charge in [0.15, 0.2) is 0 Å². The molecule has 0 aromatic heterocycles. The van der Waals surface area contributed by atoms with E-state index in [0.29, 0.717) is 31.5 Å². The lowest BCUT2D eigenvalue weighted by Gasteiger charge is -2.32. The first-order valence-corrected chi connectivity index (χ1v) is 12.2. The van der Waals surface area contributed by atoms with Gasteiger partial charge in [-0.1, -0.05) is 42.5 Å². The van der Waals surface area contributed by atoms with Gasteiger partial charge in [0.05, 0.1) is 18.8 Å². The van der Waals surface area contributed by atoms with Crippen LogP contribution in [0, 0.1) is 12.8 Å². The largest absolute Gasteiger partial charge is 0.389 e. The zero-order valence-corrected chi connectivity index (χ0v) is 20.8. The number of carbonyl (C=O) groups is 1. The van der Waals surface area contributed by atoms with Crippen molar-refractivity contribution in [1.29, 1.82) is 0 Å². The molecule has 5 heteroatoms. The SMILES string of the molecule is Cc1ccccc1C1CN(CC(O)COC(C)C)CC1CN(C(=O)c1ccccc1)C(C)C. The van der Waals surface area contributed by atoms with Crippen molar-refractivity contribution in [3.05, 3.63) is 71.3 Å². The van der Waals surface area contributed by atoms with Crippen LogP contribution < -0.4 is 0 Å². The first kappa shape index (κ1) is 25.4. The first-order chi connectivity index (χ1) is 15.8. The summed E-state index contributed by atoms with van der Waals surface area (Å²) < 4.78 is 5.62. The number of aryl methyl sites for hydroxylation is 1. The molecule has 0 saturated carbocycles. The predicted octanol–water partition coefficient (Wildman–Crippen LogP) is 4.35. The van der Waals surface area contributed by atoms with Crippen LogP contribution in [0.15, 0.2) is 54.6 Å². The Hall–Kier alpha value is -2.21. The minimum absolute atomic E-state index is 0.0814. The number of likely N-dealkylation sites (tertiary alicyclic amines) is 1. The maximum atomic E-state index is 13.3. The molecule has 0 radical (unpaired) electrons. The fourth-order valence-corrected chi connectivity index (χ4v) is 4.83. The smallest absolute Gasteiger partial charge is 0.254 e. The molecule has 1 heterocycles. The van der Waals surface area contributed by atoms with E-state index in [2.05, 4.69) is 49.9 Å². The molecule has 0 aliphatic carbocycles. The summed E-state index contributed by atoms with van der Waals surface area (Å²) in [5, 5.41) is 10.5. The Kier molecular flexibility index (Phi) is 9.07. The molecule has 1 fully saturated rings. The van der Waals surface area contributed by atoms with Crippen LogP contribution in [-0.2, 0) is 4.74 Å². The summed E-state index contributed by atoms with van der Waals surface area (Å²) in [5.74, 6) is 0.687. The Bertz CT molecular complexity index is 884. The van der Waals surface area contributed by atoms with Crippen LogP contribution in [0.1, 0.15) is 55.1 Å². The van der Waals surface area contributed by atoms with Crippen LogP contribution in [0.25, 0.3) is 0 Å². The molecule has 1 amide bonds. The summed E-state index contributed by atoms with van der Waals surface area (Å²) in [7, 11) is 0. The van der Waals surface area contributed by atoms with E-state index in [1.165, 1.54) is 11.1 Å². The second-order valence-electron chi connectivity index (χ2n) is 9.89. The maximum Gasteiger partial charge on any atom is 0.254 e. The van der Waals surface area contributed by atoms with Gasteiger partial charge in [0.1, 0.15) is 0 Å². The van der Waals surface area contributed by atoms with E-state index in [0.717, 1.165) is 18.7 Å². The van der Waals surface area contributed by atoms with Crippen molar-refractivity contribution in [3.8, 4) is 0 Å². The van der Waals surface area contributed by atoms with Crippen molar-refractivity contribution < 1.29 is 14.6 Å². The highest BCUT2D eigenvalue weighted by Crippen LogP contribution is 2.35. The average Bonchev–Trinajstić information content (AvgIpc) is 3.18. The number of amides is 1. The van der Waals surface area contributed by atoms with E-state index in [4.69, 9.17) is 4.74 Å². The van der Waals surface area contributed by atoms with Gasteiger partial charge in [-0.05, 0) is 63.8 Å². The number of benzene rings is 2. The highest BCUT2D eigenvalue weighted by atomic mass is 16.5. The summed E-state index contributed by atoms with van der Waals surface area (Å²) in [6.45, 7) is 13.6. The number of aliphatic hydroxyl groups excluding tert-OH is 1. The van der Waals surface area contributed by atoms with Crippen molar-refractivity contribution in [2.24, 2.45) is 5.92 Å². The number of rotatable bonds is 10. The Morgan fingerprint density at radius 2 is 1.73 bits per heavy atom. The Morgan fingerprint density at radius 1 is 1.06 bits per heavy atom. The van der Waals surface area contributed by atoms with E-state index < -0.39 is 6.10 Å². The third-order valence-corrected chi connectivity index (χ3v) is 6.53. The standard InChI is InChI=1S/C28H40N2O3/c1-20(2)30(28(32)23-12-7-6-8-13-23)16-24-15-29(17-25(31)19-33-21(3)4)18-27(24)26-14-10-9-11-22(26)5/h6-14,20-21,24-25,27,31H,15-19H2,1-5H3. The number of hydrogen-bond donors (Lipinski definition) is 1. The van der Waals surface area contributed by atoms with Gasteiger partial charge < -0.3 is 14.7 Å². The normalized spacial score (nSPS) is 19.9. The number of aliphatic hydroxyl groups is 1. The Morgan fingerprint density at radius 3 is 2.36 bits per heavy atom. The van der Waals surface area contributed by atoms with Crippen LogP contribution in [0.3, 0.4) is 0 Å². The molecule has 1 saturated heterocycles. The van der Waals surface area contributed by atoms with Crippen LogP contribution in [0.5, 0.6) is 0 Å². The lowest BCUT2D eigenvalue weighted by atomic mass is 9.86. The van der Waals surface area contributed by atoms with Crippen molar-refractivity contribution in [3.63, 3.8) is 0 Å². The molecule has 1 aliphatic heterocycles. The molecule has 2 aromatic carbocycles. The molecule has 2 aromatic rings. The molecular weight excluding hydrogens is 412 g/mol. The molecule has 33 heavy (non-hydrogen) atoms. The molecule has 0 bridgehead atoms. The highest BCUT2D eigenvalue weighted by molar-refractivity contribution is 5.94. The highest BCUT2D eigenvalue weighted by Gasteiger charge is 2.37. The molecule has 180 valence electrons. The number of β-amino-alcohol motifs (C(OH)–C–C–N with tert-alkyl or cyclic N) is 1. The number of hydrogen-bond acceptors (Lipinski definition) is 4. The molecule has 1 aliphatic rings. The van der Waals surface area contributed by atoms with Crippen LogP contribution in [-0.4, -0.2) is 71.8 Å². The van der Waals surface area contributed by atoms with Gasteiger partial charge in [-0.25, -0.2) is 0 Å². The van der Waals surface area contributed by atoms with Gasteiger partial charge in [-0.3, -0.25) is 9.69 Å². The van der Waals surface area contributed by atoms with E-state index in [9.17, 15) is 9.90 Å². The lowest BCUT2D eigenvalue weighted by molar-refractivity contribution is -0.00640. The molecular formula is C28H40N2O3. The minimum Gasteiger partial charge on any atom is -0.389 e. The number of ether oxygens (including phenoxy) is 1. The molecule has 3 unspecified atom stereocenters. The fourth-order valence-electron chi connectivity index (χ4n) is 4.83. The van der Waals surface area contributed by atoms with Crippen molar-refractivity contribution in [2.45, 2.75) is 58.8 Å². The molecule has 3 rings (SSSR count). The Balaban J connectivity index is 1.79.